The molecule has 4 rings (SSSR count). The number of likely N-dealkylation sites (tertiary alicyclic amines) is 1. The van der Waals surface area contributed by atoms with Gasteiger partial charge < -0.3 is 9.47 Å². The molecule has 2 heterocycles. The number of hydrogen-bond acceptors (Lipinski definition) is 4. The zero-order valence-corrected chi connectivity index (χ0v) is 18.9. The molecule has 0 aromatic heterocycles. The van der Waals surface area contributed by atoms with E-state index in [0.29, 0.717) is 0 Å². The summed E-state index contributed by atoms with van der Waals surface area (Å²) in [4.78, 5) is 5.44. The molecule has 1 aromatic rings. The number of nitrogens with zero attached hydrogens (tertiary/aromatic N) is 2. The predicted molar refractivity (Wildman–Crippen MR) is 119 cm³/mol. The molecule has 2 atom stereocenters. The third-order valence-electron chi connectivity index (χ3n) is 6.24. The normalized spacial score (nSPS) is 28.3. The van der Waals surface area contributed by atoms with Crippen molar-refractivity contribution >= 4 is 24.8 Å². The van der Waals surface area contributed by atoms with E-state index < -0.39 is 0 Å². The maximum absolute atomic E-state index is 5.88. The van der Waals surface area contributed by atoms with Gasteiger partial charge in [-0.15, -0.1) is 24.8 Å². The van der Waals surface area contributed by atoms with Crippen LogP contribution in [-0.2, 0) is 11.3 Å². The fourth-order valence-electron chi connectivity index (χ4n) is 5.35. The second kappa shape index (κ2) is 11.0. The number of hydrogen-bond donors (Lipinski definition) is 0. The molecule has 2 bridgehead atoms. The van der Waals surface area contributed by atoms with Crippen molar-refractivity contribution in [3.05, 3.63) is 29.8 Å². The van der Waals surface area contributed by atoms with Crippen LogP contribution in [0.15, 0.2) is 24.3 Å². The van der Waals surface area contributed by atoms with Gasteiger partial charge in [0.25, 0.3) is 0 Å². The van der Waals surface area contributed by atoms with Crippen molar-refractivity contribution in [1.82, 2.24) is 9.80 Å². The van der Waals surface area contributed by atoms with Crippen molar-refractivity contribution in [3.8, 4) is 5.75 Å². The van der Waals surface area contributed by atoms with E-state index in [1.165, 1.54) is 37.9 Å². The Labute approximate surface area is 182 Å². The first kappa shape index (κ1) is 23.8. The number of rotatable bonds is 5. The summed E-state index contributed by atoms with van der Waals surface area (Å²) < 4.78 is 11.5. The van der Waals surface area contributed by atoms with E-state index in [1.807, 2.05) is 0 Å². The maximum Gasteiger partial charge on any atom is 0.120 e. The average molecular weight is 431 g/mol. The Hall–Kier alpha value is -0.520. The van der Waals surface area contributed by atoms with E-state index in [1.54, 1.807) is 0 Å². The van der Waals surface area contributed by atoms with E-state index >= 15 is 0 Å². The van der Waals surface area contributed by atoms with E-state index in [0.717, 1.165) is 56.5 Å². The van der Waals surface area contributed by atoms with Gasteiger partial charge in [0, 0.05) is 38.8 Å². The van der Waals surface area contributed by atoms with Crippen LogP contribution in [0.2, 0.25) is 0 Å². The third-order valence-corrected chi connectivity index (χ3v) is 6.24. The standard InChI is InChI=1S/C22H34N2O2.2ClH/c1-17(2)26-21-8-3-5-18(13-21)14-23-15-19-6-4-7-20(16-23)22(19)24-9-11-25-12-10-24;;/h3,5,8,13,17,19-20,22H,4,6-7,9-12,14-16H2,1-2H3;2*1H. The lowest BCUT2D eigenvalue weighted by atomic mass is 9.72. The van der Waals surface area contributed by atoms with Crippen LogP contribution in [0.3, 0.4) is 0 Å². The van der Waals surface area contributed by atoms with Crippen molar-refractivity contribution in [3.63, 3.8) is 0 Å². The molecule has 2 unspecified atom stereocenters. The van der Waals surface area contributed by atoms with Crippen LogP contribution < -0.4 is 4.74 Å². The van der Waals surface area contributed by atoms with E-state index in [2.05, 4.69) is 47.9 Å². The van der Waals surface area contributed by atoms with Crippen molar-refractivity contribution in [2.45, 2.75) is 51.8 Å². The molecule has 0 radical (unpaired) electrons. The fraction of sp³-hybridized carbons (Fsp3) is 0.727. The van der Waals surface area contributed by atoms with Crippen LogP contribution in [0.25, 0.3) is 0 Å². The van der Waals surface area contributed by atoms with E-state index in [4.69, 9.17) is 9.47 Å². The molecule has 6 heteroatoms. The summed E-state index contributed by atoms with van der Waals surface area (Å²) in [6.45, 7) is 11.8. The lowest BCUT2D eigenvalue weighted by molar-refractivity contribution is -0.0623. The molecule has 2 aliphatic heterocycles. The Morgan fingerprint density at radius 1 is 1.07 bits per heavy atom. The monoisotopic (exact) mass is 430 g/mol. The Balaban J connectivity index is 0.00000140. The first-order valence-electron chi connectivity index (χ1n) is 10.5. The summed E-state index contributed by atoms with van der Waals surface area (Å²) in [5.74, 6) is 2.66. The SMILES string of the molecule is CC(C)Oc1cccc(CN2CC3CCCC(C2)C3N2CCOCC2)c1.Cl.Cl. The lowest BCUT2D eigenvalue weighted by Crippen LogP contribution is -2.59. The van der Waals surface area contributed by atoms with Gasteiger partial charge in [-0.25, -0.2) is 0 Å². The molecule has 4 nitrogen and oxygen atoms in total. The molecule has 2 saturated heterocycles. The summed E-state index contributed by atoms with van der Waals surface area (Å²) >= 11 is 0. The molecule has 3 fully saturated rings. The summed E-state index contributed by atoms with van der Waals surface area (Å²) in [7, 11) is 0. The first-order valence-corrected chi connectivity index (χ1v) is 10.5. The minimum absolute atomic E-state index is 0. The molecule has 3 aliphatic rings. The fourth-order valence-corrected chi connectivity index (χ4v) is 5.35. The average Bonchev–Trinajstić information content (AvgIpc) is 2.61. The number of ether oxygens (including phenoxy) is 2. The van der Waals surface area contributed by atoms with Gasteiger partial charge in [0.15, 0.2) is 0 Å². The van der Waals surface area contributed by atoms with Gasteiger partial charge in [-0.2, -0.15) is 0 Å². The van der Waals surface area contributed by atoms with Crippen molar-refractivity contribution in [1.29, 1.82) is 0 Å². The maximum atomic E-state index is 5.88. The van der Waals surface area contributed by atoms with Gasteiger partial charge in [0.1, 0.15) is 5.75 Å². The first-order chi connectivity index (χ1) is 12.7. The van der Waals surface area contributed by atoms with Crippen LogP contribution in [0, 0.1) is 11.8 Å². The zero-order chi connectivity index (χ0) is 17.9. The minimum atomic E-state index is 0. The molecule has 1 saturated carbocycles. The van der Waals surface area contributed by atoms with Crippen LogP contribution in [0.4, 0.5) is 0 Å². The number of piperidine rings is 1. The Bertz CT molecular complexity index is 582. The van der Waals surface area contributed by atoms with Crippen molar-refractivity contribution < 1.29 is 9.47 Å². The molecule has 0 spiro atoms. The summed E-state index contributed by atoms with van der Waals surface area (Å²) in [5.41, 5.74) is 1.38. The van der Waals surface area contributed by atoms with E-state index in [-0.39, 0.29) is 30.9 Å². The number of halogens is 2. The number of morpholine rings is 1. The number of fused-ring (bicyclic) bond motifs is 2. The molecular formula is C22H36Cl2N2O2. The highest BCUT2D eigenvalue weighted by atomic mass is 35.5. The Morgan fingerprint density at radius 3 is 2.39 bits per heavy atom. The van der Waals surface area contributed by atoms with Gasteiger partial charge in [0.05, 0.1) is 19.3 Å². The Morgan fingerprint density at radius 2 is 1.75 bits per heavy atom. The highest BCUT2D eigenvalue weighted by Gasteiger charge is 2.42. The van der Waals surface area contributed by atoms with Crippen LogP contribution in [-0.4, -0.2) is 61.3 Å². The van der Waals surface area contributed by atoms with Crippen LogP contribution >= 0.6 is 24.8 Å². The Kier molecular flexibility index (Phi) is 9.36. The minimum Gasteiger partial charge on any atom is -0.491 e. The molecule has 28 heavy (non-hydrogen) atoms. The lowest BCUT2D eigenvalue weighted by Gasteiger charge is -2.52. The zero-order valence-electron chi connectivity index (χ0n) is 17.2. The highest BCUT2D eigenvalue weighted by molar-refractivity contribution is 5.85. The second-order valence-corrected chi connectivity index (χ2v) is 8.60. The van der Waals surface area contributed by atoms with E-state index in [9.17, 15) is 0 Å². The third kappa shape index (κ3) is 5.76. The van der Waals surface area contributed by atoms with Gasteiger partial charge in [0.2, 0.25) is 0 Å². The molecule has 0 N–H and O–H groups in total. The smallest absolute Gasteiger partial charge is 0.120 e. The van der Waals surface area contributed by atoms with Crippen molar-refractivity contribution in [2.24, 2.45) is 11.8 Å². The number of benzene rings is 1. The molecule has 160 valence electrons. The molecule has 1 aromatic carbocycles. The summed E-state index contributed by atoms with van der Waals surface area (Å²) in [6.07, 6.45) is 4.44. The predicted octanol–water partition coefficient (Wildman–Crippen LogP) is 4.25. The molecule has 1 aliphatic carbocycles. The largest absolute Gasteiger partial charge is 0.491 e. The molecule has 0 amide bonds. The summed E-state index contributed by atoms with van der Waals surface area (Å²) in [5, 5.41) is 0. The van der Waals surface area contributed by atoms with Gasteiger partial charge in [-0.1, -0.05) is 18.6 Å². The quantitative estimate of drug-likeness (QED) is 0.696. The van der Waals surface area contributed by atoms with Gasteiger partial charge >= 0.3 is 0 Å². The van der Waals surface area contributed by atoms with Gasteiger partial charge in [-0.3, -0.25) is 9.80 Å². The van der Waals surface area contributed by atoms with Crippen LogP contribution in [0.5, 0.6) is 5.75 Å². The van der Waals surface area contributed by atoms with Gasteiger partial charge in [-0.05, 0) is 56.2 Å². The summed E-state index contributed by atoms with van der Waals surface area (Å²) in [6, 6.07) is 9.47. The highest BCUT2D eigenvalue weighted by Crippen LogP contribution is 2.38. The molecular weight excluding hydrogens is 395 g/mol. The van der Waals surface area contributed by atoms with Crippen molar-refractivity contribution in [2.75, 3.05) is 39.4 Å². The second-order valence-electron chi connectivity index (χ2n) is 8.60. The van der Waals surface area contributed by atoms with Crippen LogP contribution in [0.1, 0.15) is 38.7 Å². The topological polar surface area (TPSA) is 24.9 Å².